The minimum absolute atomic E-state index is 0.0499. The predicted molar refractivity (Wildman–Crippen MR) is 140 cm³/mol. The SMILES string of the molecule is C=CCCCCCC[C@H](CC1(Sc2ccccc2)C[C@H](C)OC1=O)O[Si](C)(C)C(C)(C)C. The van der Waals surface area contributed by atoms with Crippen molar-refractivity contribution in [2.45, 2.75) is 119 Å². The fraction of sp³-hybridized carbons (Fsp3) is 0.667. The lowest BCUT2D eigenvalue weighted by molar-refractivity contribution is -0.143. The third-order valence-corrected chi connectivity index (χ3v) is 12.8. The summed E-state index contributed by atoms with van der Waals surface area (Å²) in [6.45, 7) is 17.3. The van der Waals surface area contributed by atoms with Gasteiger partial charge in [-0.3, -0.25) is 4.79 Å². The Morgan fingerprint density at radius 1 is 1.22 bits per heavy atom. The molecule has 1 unspecified atom stereocenters. The van der Waals surface area contributed by atoms with Crippen molar-refractivity contribution in [2.24, 2.45) is 0 Å². The van der Waals surface area contributed by atoms with E-state index in [4.69, 9.17) is 9.16 Å². The molecule has 3 nitrogen and oxygen atoms in total. The van der Waals surface area contributed by atoms with Gasteiger partial charge in [-0.25, -0.2) is 0 Å². The van der Waals surface area contributed by atoms with E-state index >= 15 is 0 Å². The zero-order valence-electron chi connectivity index (χ0n) is 21.1. The molecule has 5 heteroatoms. The molecule has 2 rings (SSSR count). The molecule has 1 fully saturated rings. The highest BCUT2D eigenvalue weighted by Crippen LogP contribution is 2.47. The first-order valence-corrected chi connectivity index (χ1v) is 16.0. The lowest BCUT2D eigenvalue weighted by atomic mass is 9.94. The lowest BCUT2D eigenvalue weighted by Gasteiger charge is -2.41. The van der Waals surface area contributed by atoms with E-state index in [0.29, 0.717) is 0 Å². The van der Waals surface area contributed by atoms with Crippen molar-refractivity contribution in [1.82, 2.24) is 0 Å². The van der Waals surface area contributed by atoms with E-state index in [-0.39, 0.29) is 23.2 Å². The highest BCUT2D eigenvalue weighted by atomic mass is 32.2. The van der Waals surface area contributed by atoms with Gasteiger partial charge >= 0.3 is 5.97 Å². The summed E-state index contributed by atoms with van der Waals surface area (Å²) in [5, 5.41) is 0.137. The maximum Gasteiger partial charge on any atom is 0.323 e. The first-order chi connectivity index (χ1) is 15.0. The lowest BCUT2D eigenvalue weighted by Crippen LogP contribution is -2.46. The summed E-state index contributed by atoms with van der Waals surface area (Å²) < 4.78 is 12.1. The maximum absolute atomic E-state index is 13.2. The molecule has 0 saturated carbocycles. The Morgan fingerprint density at radius 3 is 2.44 bits per heavy atom. The number of carbonyl (C=O) groups excluding carboxylic acids is 1. The van der Waals surface area contributed by atoms with E-state index in [1.165, 1.54) is 19.3 Å². The van der Waals surface area contributed by atoms with Gasteiger partial charge in [-0.05, 0) is 62.9 Å². The third kappa shape index (κ3) is 7.77. The molecule has 1 heterocycles. The average Bonchev–Trinajstić information content (AvgIpc) is 2.96. The zero-order valence-corrected chi connectivity index (χ0v) is 22.9. The number of unbranched alkanes of at least 4 members (excludes halogenated alkanes) is 4. The summed E-state index contributed by atoms with van der Waals surface area (Å²) in [5.74, 6) is -0.0753. The molecular formula is C27H44O3SSi. The molecule has 1 aliphatic heterocycles. The van der Waals surface area contributed by atoms with Crippen molar-refractivity contribution in [2.75, 3.05) is 0 Å². The van der Waals surface area contributed by atoms with Gasteiger partial charge in [0.15, 0.2) is 8.32 Å². The van der Waals surface area contributed by atoms with Crippen LogP contribution in [0.3, 0.4) is 0 Å². The number of hydrogen-bond donors (Lipinski definition) is 0. The van der Waals surface area contributed by atoms with E-state index in [1.54, 1.807) is 11.8 Å². The molecule has 3 atom stereocenters. The summed E-state index contributed by atoms with van der Waals surface area (Å²) in [6.07, 6.45) is 10.3. The predicted octanol–water partition coefficient (Wildman–Crippen LogP) is 8.16. The normalized spacial score (nSPS) is 22.6. The number of benzene rings is 1. The van der Waals surface area contributed by atoms with Gasteiger partial charge in [0.2, 0.25) is 0 Å². The number of esters is 1. The molecule has 180 valence electrons. The molecule has 0 radical (unpaired) electrons. The van der Waals surface area contributed by atoms with Crippen LogP contribution in [-0.2, 0) is 14.0 Å². The highest BCUT2D eigenvalue weighted by Gasteiger charge is 2.51. The molecule has 0 aliphatic carbocycles. The number of thioether (sulfide) groups is 1. The van der Waals surface area contributed by atoms with E-state index in [2.05, 4.69) is 52.6 Å². The van der Waals surface area contributed by atoms with Gasteiger partial charge in [-0.1, -0.05) is 64.3 Å². The van der Waals surface area contributed by atoms with Gasteiger partial charge in [0.25, 0.3) is 0 Å². The average molecular weight is 477 g/mol. The van der Waals surface area contributed by atoms with Crippen molar-refractivity contribution >= 4 is 26.0 Å². The molecule has 0 bridgehead atoms. The summed E-state index contributed by atoms with van der Waals surface area (Å²) >= 11 is 1.67. The number of cyclic esters (lactones) is 1. The molecule has 1 saturated heterocycles. The minimum atomic E-state index is -1.96. The van der Waals surface area contributed by atoms with Crippen LogP contribution in [0.4, 0.5) is 0 Å². The maximum atomic E-state index is 13.2. The number of carbonyl (C=O) groups is 1. The van der Waals surface area contributed by atoms with Crippen LogP contribution < -0.4 is 0 Å². The molecule has 0 spiro atoms. The molecule has 0 N–H and O–H groups in total. The first kappa shape index (κ1) is 27.2. The van der Waals surface area contributed by atoms with Crippen LogP contribution in [0.25, 0.3) is 0 Å². The second-order valence-electron chi connectivity index (χ2n) is 10.8. The van der Waals surface area contributed by atoms with E-state index in [1.807, 2.05) is 31.2 Å². The Morgan fingerprint density at radius 2 is 1.88 bits per heavy atom. The Hall–Kier alpha value is -1.04. The van der Waals surface area contributed by atoms with Gasteiger partial charge < -0.3 is 9.16 Å². The van der Waals surface area contributed by atoms with Gasteiger partial charge in [-0.2, -0.15) is 0 Å². The molecule has 1 aliphatic rings. The van der Waals surface area contributed by atoms with Crippen molar-refractivity contribution in [3.05, 3.63) is 43.0 Å². The van der Waals surface area contributed by atoms with E-state index < -0.39 is 13.1 Å². The molecule has 0 amide bonds. The standard InChI is InChI=1S/C27H44O3SSi/c1-8-9-10-11-12-14-17-23(30-32(6,7)26(3,4)5)21-27(20-22(2)29-25(27)28)31-24-18-15-13-16-19-24/h8,13,15-16,18-19,22-23H,1,9-12,14,17,20-21H2,2-7H3/t22-,23+,27?/m0/s1. The van der Waals surface area contributed by atoms with E-state index in [9.17, 15) is 4.79 Å². The number of ether oxygens (including phenoxy) is 1. The van der Waals surface area contributed by atoms with Crippen LogP contribution in [0.1, 0.15) is 79.1 Å². The van der Waals surface area contributed by atoms with Crippen LogP contribution in [0.5, 0.6) is 0 Å². The Balaban J connectivity index is 2.20. The molecular weight excluding hydrogens is 432 g/mol. The van der Waals surface area contributed by atoms with Crippen LogP contribution in [-0.4, -0.2) is 31.2 Å². The first-order valence-electron chi connectivity index (χ1n) is 12.2. The van der Waals surface area contributed by atoms with Crippen LogP contribution >= 0.6 is 11.8 Å². The smallest absolute Gasteiger partial charge is 0.323 e. The molecule has 1 aromatic rings. The molecule has 1 aromatic carbocycles. The summed E-state index contributed by atoms with van der Waals surface area (Å²) in [6, 6.07) is 10.3. The summed E-state index contributed by atoms with van der Waals surface area (Å²) in [7, 11) is -1.96. The number of rotatable bonds is 13. The van der Waals surface area contributed by atoms with Crippen molar-refractivity contribution in [3.8, 4) is 0 Å². The third-order valence-electron chi connectivity index (χ3n) is 6.86. The topological polar surface area (TPSA) is 35.5 Å². The fourth-order valence-corrected chi connectivity index (χ4v) is 6.91. The van der Waals surface area contributed by atoms with Gasteiger partial charge in [0.05, 0.1) is 0 Å². The summed E-state index contributed by atoms with van der Waals surface area (Å²) in [5.41, 5.74) is 0. The molecule has 0 aromatic heterocycles. The zero-order chi connectivity index (χ0) is 23.8. The van der Waals surface area contributed by atoms with Crippen LogP contribution in [0.15, 0.2) is 47.9 Å². The second kappa shape index (κ2) is 11.9. The Kier molecular flexibility index (Phi) is 10.1. The highest BCUT2D eigenvalue weighted by molar-refractivity contribution is 8.01. The van der Waals surface area contributed by atoms with Crippen LogP contribution in [0.2, 0.25) is 18.1 Å². The van der Waals surface area contributed by atoms with Gasteiger partial charge in [-0.15, -0.1) is 18.3 Å². The quantitative estimate of drug-likeness (QED) is 0.124. The number of allylic oxidation sites excluding steroid dienone is 1. The second-order valence-corrected chi connectivity index (χ2v) is 17.0. The van der Waals surface area contributed by atoms with Crippen molar-refractivity contribution < 1.29 is 14.0 Å². The Bertz CT molecular complexity index is 728. The Labute approximate surface area is 201 Å². The van der Waals surface area contributed by atoms with Gasteiger partial charge in [0.1, 0.15) is 10.9 Å². The van der Waals surface area contributed by atoms with Crippen molar-refractivity contribution in [3.63, 3.8) is 0 Å². The number of hydrogen-bond acceptors (Lipinski definition) is 4. The fourth-order valence-electron chi connectivity index (χ4n) is 4.06. The monoisotopic (exact) mass is 476 g/mol. The minimum Gasteiger partial charge on any atom is -0.462 e. The molecule has 32 heavy (non-hydrogen) atoms. The van der Waals surface area contributed by atoms with E-state index in [0.717, 1.165) is 37.0 Å². The summed E-state index contributed by atoms with van der Waals surface area (Å²) in [4.78, 5) is 14.3. The van der Waals surface area contributed by atoms with Crippen molar-refractivity contribution in [1.29, 1.82) is 0 Å². The van der Waals surface area contributed by atoms with Crippen LogP contribution in [0, 0.1) is 0 Å². The largest absolute Gasteiger partial charge is 0.462 e. The van der Waals surface area contributed by atoms with Gasteiger partial charge in [0, 0.05) is 17.4 Å².